The van der Waals surface area contributed by atoms with Crippen molar-refractivity contribution in [1.29, 1.82) is 0 Å². The third-order valence-corrected chi connectivity index (χ3v) is 3.78. The van der Waals surface area contributed by atoms with Crippen molar-refractivity contribution in [2.24, 2.45) is 7.05 Å². The molecule has 0 radical (unpaired) electrons. The number of nitrogens with zero attached hydrogens (tertiary/aromatic N) is 2. The second-order valence-electron chi connectivity index (χ2n) is 4.90. The molecule has 1 heterocycles. The van der Waals surface area contributed by atoms with Gasteiger partial charge >= 0.3 is 6.03 Å². The molecule has 0 bridgehead atoms. The Morgan fingerprint density at radius 2 is 2.00 bits per heavy atom. The second-order valence-corrected chi connectivity index (χ2v) is 5.30. The van der Waals surface area contributed by atoms with Crippen LogP contribution >= 0.6 is 11.6 Å². The van der Waals surface area contributed by atoms with E-state index in [-0.39, 0.29) is 6.03 Å². The molecular formula is C16H15ClN4O. The molecule has 0 atom stereocenters. The Morgan fingerprint density at radius 3 is 2.77 bits per heavy atom. The van der Waals surface area contributed by atoms with Crippen molar-refractivity contribution in [3.63, 3.8) is 0 Å². The molecule has 22 heavy (non-hydrogen) atoms. The van der Waals surface area contributed by atoms with Gasteiger partial charge < -0.3 is 10.6 Å². The van der Waals surface area contributed by atoms with Crippen LogP contribution in [-0.2, 0) is 13.6 Å². The van der Waals surface area contributed by atoms with E-state index in [1.54, 1.807) is 17.9 Å². The molecule has 2 amide bonds. The lowest BCUT2D eigenvalue weighted by Crippen LogP contribution is -2.29. The zero-order valence-electron chi connectivity index (χ0n) is 12.0. The molecule has 6 heteroatoms. The fourth-order valence-electron chi connectivity index (χ4n) is 2.30. The van der Waals surface area contributed by atoms with Gasteiger partial charge in [0.1, 0.15) is 0 Å². The number of carbonyl (C=O) groups is 1. The van der Waals surface area contributed by atoms with Gasteiger partial charge in [-0.3, -0.25) is 4.68 Å². The predicted octanol–water partition coefficient (Wildman–Crippen LogP) is 3.55. The molecule has 0 saturated heterocycles. The van der Waals surface area contributed by atoms with Crippen LogP contribution in [-0.4, -0.2) is 15.8 Å². The third-order valence-electron chi connectivity index (χ3n) is 3.46. The summed E-state index contributed by atoms with van der Waals surface area (Å²) in [6.07, 6.45) is 1.56. The zero-order valence-corrected chi connectivity index (χ0v) is 12.8. The summed E-state index contributed by atoms with van der Waals surface area (Å²) in [5.41, 5.74) is 1.53. The lowest BCUT2D eigenvalue weighted by molar-refractivity contribution is 0.251. The summed E-state index contributed by atoms with van der Waals surface area (Å²) in [5, 5.41) is 12.3. The number of anilines is 1. The first-order valence-corrected chi connectivity index (χ1v) is 7.22. The summed E-state index contributed by atoms with van der Waals surface area (Å²) in [4.78, 5) is 12.1. The number of halogens is 1. The van der Waals surface area contributed by atoms with Gasteiger partial charge in [-0.15, -0.1) is 0 Å². The van der Waals surface area contributed by atoms with Gasteiger partial charge in [-0.1, -0.05) is 48.0 Å². The molecule has 1 aromatic heterocycles. The third kappa shape index (κ3) is 2.89. The van der Waals surface area contributed by atoms with Crippen LogP contribution in [0.2, 0.25) is 5.02 Å². The Bertz CT molecular complexity index is 803. The average Bonchev–Trinajstić information content (AvgIpc) is 2.84. The Hall–Kier alpha value is -2.53. The maximum atomic E-state index is 12.1. The fourth-order valence-corrected chi connectivity index (χ4v) is 2.53. The van der Waals surface area contributed by atoms with Gasteiger partial charge in [-0.25, -0.2) is 4.79 Å². The monoisotopic (exact) mass is 314 g/mol. The van der Waals surface area contributed by atoms with E-state index in [4.69, 9.17) is 11.6 Å². The van der Waals surface area contributed by atoms with Gasteiger partial charge in [0.05, 0.1) is 29.1 Å². The van der Waals surface area contributed by atoms with Crippen LogP contribution < -0.4 is 10.6 Å². The minimum absolute atomic E-state index is 0.284. The standard InChI is InChI=1S/C16H15ClN4O/c1-21-15(13(17)9-19-21)10-18-16(22)20-14-8-4-6-11-5-2-3-7-12(11)14/h2-9H,10H2,1H3,(H2,18,20,22). The van der Waals surface area contributed by atoms with E-state index in [2.05, 4.69) is 15.7 Å². The van der Waals surface area contributed by atoms with Crippen molar-refractivity contribution in [3.05, 3.63) is 59.4 Å². The quantitative estimate of drug-likeness (QED) is 0.776. The van der Waals surface area contributed by atoms with Crippen LogP contribution in [0.1, 0.15) is 5.69 Å². The van der Waals surface area contributed by atoms with Gasteiger partial charge in [0.2, 0.25) is 0 Å². The van der Waals surface area contributed by atoms with Crippen LogP contribution in [0.15, 0.2) is 48.7 Å². The molecule has 0 spiro atoms. The number of hydrogen-bond donors (Lipinski definition) is 2. The van der Waals surface area contributed by atoms with Gasteiger partial charge in [-0.2, -0.15) is 5.10 Å². The molecule has 0 unspecified atom stereocenters. The highest BCUT2D eigenvalue weighted by Gasteiger charge is 2.09. The number of rotatable bonds is 3. The maximum Gasteiger partial charge on any atom is 0.319 e. The Labute approximate surface area is 132 Å². The maximum absolute atomic E-state index is 12.1. The van der Waals surface area contributed by atoms with Crippen molar-refractivity contribution in [1.82, 2.24) is 15.1 Å². The number of urea groups is 1. The molecule has 112 valence electrons. The first-order valence-electron chi connectivity index (χ1n) is 6.84. The molecule has 0 aliphatic heterocycles. The average molecular weight is 315 g/mol. The summed E-state index contributed by atoms with van der Waals surface area (Å²) in [7, 11) is 1.78. The minimum Gasteiger partial charge on any atom is -0.332 e. The molecule has 2 aromatic carbocycles. The lowest BCUT2D eigenvalue weighted by Gasteiger charge is -2.10. The SMILES string of the molecule is Cn1ncc(Cl)c1CNC(=O)Nc1cccc2ccccc12. The number of aromatic nitrogens is 2. The number of fused-ring (bicyclic) bond motifs is 1. The first kappa shape index (κ1) is 14.4. The van der Waals surface area contributed by atoms with Gasteiger partial charge in [0, 0.05) is 12.4 Å². The molecule has 0 aliphatic rings. The van der Waals surface area contributed by atoms with E-state index < -0.39 is 0 Å². The van der Waals surface area contributed by atoms with Crippen molar-refractivity contribution in [2.45, 2.75) is 6.54 Å². The lowest BCUT2D eigenvalue weighted by atomic mass is 10.1. The normalized spacial score (nSPS) is 10.6. The van der Waals surface area contributed by atoms with Crippen molar-refractivity contribution in [3.8, 4) is 0 Å². The molecule has 3 rings (SSSR count). The summed E-state index contributed by atoms with van der Waals surface area (Å²) < 4.78 is 1.64. The number of carbonyl (C=O) groups excluding carboxylic acids is 1. The van der Waals surface area contributed by atoms with E-state index in [9.17, 15) is 4.79 Å². The largest absolute Gasteiger partial charge is 0.332 e. The predicted molar refractivity (Wildman–Crippen MR) is 88.0 cm³/mol. The number of aryl methyl sites for hydroxylation is 1. The smallest absolute Gasteiger partial charge is 0.319 e. The summed E-state index contributed by atoms with van der Waals surface area (Å²) >= 11 is 6.01. The molecule has 3 aromatic rings. The van der Waals surface area contributed by atoms with E-state index in [1.807, 2.05) is 42.5 Å². The Balaban J connectivity index is 1.71. The fraction of sp³-hybridized carbons (Fsp3) is 0.125. The van der Waals surface area contributed by atoms with Crippen LogP contribution in [0.5, 0.6) is 0 Å². The Morgan fingerprint density at radius 1 is 1.23 bits per heavy atom. The molecule has 0 saturated carbocycles. The van der Waals surface area contributed by atoms with E-state index in [1.165, 1.54) is 0 Å². The van der Waals surface area contributed by atoms with Crippen LogP contribution in [0, 0.1) is 0 Å². The summed E-state index contributed by atoms with van der Waals surface area (Å²) in [6, 6.07) is 13.4. The van der Waals surface area contributed by atoms with E-state index >= 15 is 0 Å². The molecule has 5 nitrogen and oxygen atoms in total. The van der Waals surface area contributed by atoms with Crippen molar-refractivity contribution < 1.29 is 4.79 Å². The van der Waals surface area contributed by atoms with Crippen LogP contribution in [0.4, 0.5) is 10.5 Å². The Kier molecular flexibility index (Phi) is 3.98. The zero-order chi connectivity index (χ0) is 15.5. The minimum atomic E-state index is -0.284. The van der Waals surface area contributed by atoms with Gasteiger partial charge in [-0.05, 0) is 11.5 Å². The summed E-state index contributed by atoms with van der Waals surface area (Å²) in [6.45, 7) is 0.311. The highest BCUT2D eigenvalue weighted by atomic mass is 35.5. The summed E-state index contributed by atoms with van der Waals surface area (Å²) in [5.74, 6) is 0. The first-order chi connectivity index (χ1) is 10.6. The molecule has 0 fully saturated rings. The topological polar surface area (TPSA) is 59.0 Å². The number of amides is 2. The number of hydrogen-bond acceptors (Lipinski definition) is 2. The van der Waals surface area contributed by atoms with Crippen molar-refractivity contribution >= 4 is 34.1 Å². The van der Waals surface area contributed by atoms with E-state index in [0.29, 0.717) is 11.6 Å². The number of benzene rings is 2. The molecular weight excluding hydrogens is 300 g/mol. The van der Waals surface area contributed by atoms with E-state index in [0.717, 1.165) is 22.2 Å². The highest BCUT2D eigenvalue weighted by molar-refractivity contribution is 6.31. The van der Waals surface area contributed by atoms with Gasteiger partial charge in [0.25, 0.3) is 0 Å². The second kappa shape index (κ2) is 6.07. The van der Waals surface area contributed by atoms with Crippen molar-refractivity contribution in [2.75, 3.05) is 5.32 Å². The van der Waals surface area contributed by atoms with Crippen LogP contribution in [0.25, 0.3) is 10.8 Å². The molecule has 0 aliphatic carbocycles. The van der Waals surface area contributed by atoms with Gasteiger partial charge in [0.15, 0.2) is 0 Å². The van der Waals surface area contributed by atoms with Crippen LogP contribution in [0.3, 0.4) is 0 Å². The molecule has 2 N–H and O–H groups in total. The number of nitrogens with one attached hydrogen (secondary N) is 2. The highest BCUT2D eigenvalue weighted by Crippen LogP contribution is 2.22.